The first kappa shape index (κ1) is 12.4. The largest absolute Gasteiger partial charge is 0.315 e. The Morgan fingerprint density at radius 3 is 2.59 bits per heavy atom. The lowest BCUT2D eigenvalue weighted by atomic mass is 10.0. The van der Waals surface area contributed by atoms with E-state index >= 15 is 0 Å². The highest BCUT2D eigenvalue weighted by Gasteiger charge is 1.97. The molecular formula is C15H18ClN. The van der Waals surface area contributed by atoms with Gasteiger partial charge in [0.25, 0.3) is 0 Å². The molecule has 0 aliphatic carbocycles. The van der Waals surface area contributed by atoms with Gasteiger partial charge in [-0.3, -0.25) is 0 Å². The molecule has 0 aliphatic rings. The SMILES string of the molecule is Cc1ccc2cc(CCNCCCl)ccc2c1. The average molecular weight is 248 g/mol. The summed E-state index contributed by atoms with van der Waals surface area (Å²) < 4.78 is 0. The van der Waals surface area contributed by atoms with Crippen molar-refractivity contribution in [2.24, 2.45) is 0 Å². The van der Waals surface area contributed by atoms with Crippen molar-refractivity contribution in [3.63, 3.8) is 0 Å². The fourth-order valence-electron chi connectivity index (χ4n) is 1.99. The highest BCUT2D eigenvalue weighted by atomic mass is 35.5. The van der Waals surface area contributed by atoms with Gasteiger partial charge in [-0.2, -0.15) is 0 Å². The molecule has 0 bridgehead atoms. The number of fused-ring (bicyclic) bond motifs is 1. The summed E-state index contributed by atoms with van der Waals surface area (Å²) in [5.41, 5.74) is 2.69. The van der Waals surface area contributed by atoms with Crippen molar-refractivity contribution in [1.82, 2.24) is 5.32 Å². The van der Waals surface area contributed by atoms with Crippen molar-refractivity contribution < 1.29 is 0 Å². The molecular weight excluding hydrogens is 230 g/mol. The van der Waals surface area contributed by atoms with E-state index in [1.54, 1.807) is 0 Å². The zero-order chi connectivity index (χ0) is 12.1. The predicted octanol–water partition coefficient (Wildman–Crippen LogP) is 3.52. The first-order chi connectivity index (χ1) is 8.29. The van der Waals surface area contributed by atoms with E-state index in [1.807, 2.05) is 0 Å². The third-order valence-electron chi connectivity index (χ3n) is 2.92. The van der Waals surface area contributed by atoms with E-state index in [0.29, 0.717) is 5.88 Å². The molecule has 1 N–H and O–H groups in total. The molecule has 2 aromatic carbocycles. The maximum atomic E-state index is 5.61. The Hall–Kier alpha value is -1.05. The van der Waals surface area contributed by atoms with Crippen molar-refractivity contribution in [1.29, 1.82) is 0 Å². The van der Waals surface area contributed by atoms with Gasteiger partial charge < -0.3 is 5.32 Å². The molecule has 0 saturated carbocycles. The summed E-state index contributed by atoms with van der Waals surface area (Å²) >= 11 is 5.61. The summed E-state index contributed by atoms with van der Waals surface area (Å²) in [7, 11) is 0. The van der Waals surface area contributed by atoms with E-state index in [1.165, 1.54) is 21.9 Å². The van der Waals surface area contributed by atoms with Crippen LogP contribution < -0.4 is 5.32 Å². The van der Waals surface area contributed by atoms with Gasteiger partial charge in [-0.15, -0.1) is 11.6 Å². The van der Waals surface area contributed by atoms with Gasteiger partial charge in [0.05, 0.1) is 0 Å². The molecule has 1 nitrogen and oxygen atoms in total. The molecule has 2 rings (SSSR count). The Morgan fingerprint density at radius 2 is 1.76 bits per heavy atom. The summed E-state index contributed by atoms with van der Waals surface area (Å²) in [4.78, 5) is 0. The third kappa shape index (κ3) is 3.45. The van der Waals surface area contributed by atoms with Gasteiger partial charge in [0.1, 0.15) is 0 Å². The second-order valence-electron chi connectivity index (χ2n) is 4.37. The zero-order valence-corrected chi connectivity index (χ0v) is 10.9. The first-order valence-electron chi connectivity index (χ1n) is 6.05. The molecule has 17 heavy (non-hydrogen) atoms. The Labute approximate surface area is 108 Å². The second-order valence-corrected chi connectivity index (χ2v) is 4.75. The van der Waals surface area contributed by atoms with Crippen LogP contribution in [-0.4, -0.2) is 19.0 Å². The Kier molecular flexibility index (Phi) is 4.41. The van der Waals surface area contributed by atoms with Crippen LogP contribution in [0.1, 0.15) is 11.1 Å². The number of alkyl halides is 1. The molecule has 0 atom stereocenters. The minimum absolute atomic E-state index is 0.678. The fourth-order valence-corrected chi connectivity index (χ4v) is 2.13. The fraction of sp³-hybridized carbons (Fsp3) is 0.333. The lowest BCUT2D eigenvalue weighted by molar-refractivity contribution is 0.720. The lowest BCUT2D eigenvalue weighted by Crippen LogP contribution is -2.19. The molecule has 0 aromatic heterocycles. The van der Waals surface area contributed by atoms with Gasteiger partial charge in [-0.1, -0.05) is 42.0 Å². The van der Waals surface area contributed by atoms with Gasteiger partial charge in [0, 0.05) is 12.4 Å². The van der Waals surface area contributed by atoms with Crippen molar-refractivity contribution in [2.75, 3.05) is 19.0 Å². The van der Waals surface area contributed by atoms with Crippen LogP contribution in [0.15, 0.2) is 36.4 Å². The van der Waals surface area contributed by atoms with E-state index in [-0.39, 0.29) is 0 Å². The van der Waals surface area contributed by atoms with Crippen molar-refractivity contribution in [3.8, 4) is 0 Å². The molecule has 0 aliphatic heterocycles. The minimum Gasteiger partial charge on any atom is -0.315 e. The third-order valence-corrected chi connectivity index (χ3v) is 3.11. The van der Waals surface area contributed by atoms with Crippen LogP contribution in [0.25, 0.3) is 10.8 Å². The molecule has 2 aromatic rings. The van der Waals surface area contributed by atoms with Crippen LogP contribution in [0, 0.1) is 6.92 Å². The Morgan fingerprint density at radius 1 is 1.00 bits per heavy atom. The maximum Gasteiger partial charge on any atom is 0.0348 e. The highest BCUT2D eigenvalue weighted by Crippen LogP contribution is 2.17. The molecule has 0 heterocycles. The number of rotatable bonds is 5. The van der Waals surface area contributed by atoms with Crippen molar-refractivity contribution >= 4 is 22.4 Å². The monoisotopic (exact) mass is 247 g/mol. The quantitative estimate of drug-likeness (QED) is 0.630. The van der Waals surface area contributed by atoms with Crippen LogP contribution in [0.4, 0.5) is 0 Å². The zero-order valence-electron chi connectivity index (χ0n) is 10.2. The number of aryl methyl sites for hydroxylation is 1. The molecule has 90 valence electrons. The van der Waals surface area contributed by atoms with E-state index in [4.69, 9.17) is 11.6 Å². The van der Waals surface area contributed by atoms with Crippen LogP contribution in [0.2, 0.25) is 0 Å². The normalized spacial score (nSPS) is 10.9. The second kappa shape index (κ2) is 6.04. The summed E-state index contributed by atoms with van der Waals surface area (Å²) in [6, 6.07) is 13.3. The number of benzene rings is 2. The summed E-state index contributed by atoms with van der Waals surface area (Å²) in [5, 5.41) is 5.95. The van der Waals surface area contributed by atoms with Gasteiger partial charge in [0.2, 0.25) is 0 Å². The first-order valence-corrected chi connectivity index (χ1v) is 6.59. The Bertz CT molecular complexity index is 493. The van der Waals surface area contributed by atoms with Gasteiger partial charge >= 0.3 is 0 Å². The van der Waals surface area contributed by atoms with E-state index in [0.717, 1.165) is 19.5 Å². The van der Waals surface area contributed by atoms with Crippen molar-refractivity contribution in [3.05, 3.63) is 47.5 Å². The Balaban J connectivity index is 2.07. The molecule has 0 amide bonds. The summed E-state index contributed by atoms with van der Waals surface area (Å²) in [6.45, 7) is 4.00. The number of halogens is 1. The van der Waals surface area contributed by atoms with Gasteiger partial charge in [-0.25, -0.2) is 0 Å². The topological polar surface area (TPSA) is 12.0 Å². The van der Waals surface area contributed by atoms with Crippen LogP contribution in [-0.2, 0) is 6.42 Å². The standard InChI is InChI=1S/C15H18ClN/c1-12-2-4-15-11-13(3-5-14(15)10-12)6-8-17-9-7-16/h2-5,10-11,17H,6-9H2,1H3. The molecule has 0 fully saturated rings. The van der Waals surface area contributed by atoms with Crippen LogP contribution >= 0.6 is 11.6 Å². The number of nitrogens with one attached hydrogen (secondary N) is 1. The lowest BCUT2D eigenvalue weighted by Gasteiger charge is -2.05. The molecule has 0 spiro atoms. The van der Waals surface area contributed by atoms with Crippen molar-refractivity contribution in [2.45, 2.75) is 13.3 Å². The van der Waals surface area contributed by atoms with Gasteiger partial charge in [0.15, 0.2) is 0 Å². The molecule has 0 unspecified atom stereocenters. The molecule has 0 saturated heterocycles. The van der Waals surface area contributed by atoms with E-state index in [2.05, 4.69) is 48.6 Å². The van der Waals surface area contributed by atoms with E-state index < -0.39 is 0 Å². The highest BCUT2D eigenvalue weighted by molar-refractivity contribution is 6.18. The van der Waals surface area contributed by atoms with E-state index in [9.17, 15) is 0 Å². The summed E-state index contributed by atoms with van der Waals surface area (Å²) in [5.74, 6) is 0.678. The van der Waals surface area contributed by atoms with Gasteiger partial charge in [-0.05, 0) is 36.2 Å². The predicted molar refractivity (Wildman–Crippen MR) is 76.0 cm³/mol. The number of hydrogen-bond acceptors (Lipinski definition) is 1. The maximum absolute atomic E-state index is 5.61. The summed E-state index contributed by atoms with van der Waals surface area (Å²) in [6.07, 6.45) is 1.06. The molecule has 0 radical (unpaired) electrons. The molecule has 2 heteroatoms. The van der Waals surface area contributed by atoms with Crippen LogP contribution in [0.3, 0.4) is 0 Å². The minimum atomic E-state index is 0.678. The van der Waals surface area contributed by atoms with Crippen LogP contribution in [0.5, 0.6) is 0 Å². The smallest absolute Gasteiger partial charge is 0.0348 e. The number of hydrogen-bond donors (Lipinski definition) is 1. The average Bonchev–Trinajstić information content (AvgIpc) is 2.35.